The molecule has 9 heteroatoms. The van der Waals surface area contributed by atoms with Gasteiger partial charge >= 0.3 is 6.09 Å². The lowest BCUT2D eigenvalue weighted by molar-refractivity contribution is 0.0504. The average Bonchev–Trinajstić information content (AvgIpc) is 3.44. The topological polar surface area (TPSA) is 88.4 Å². The van der Waals surface area contributed by atoms with Gasteiger partial charge in [0.25, 0.3) is 0 Å². The first kappa shape index (κ1) is 18.3. The van der Waals surface area contributed by atoms with Crippen LogP contribution in [0.15, 0.2) is 18.5 Å². The van der Waals surface area contributed by atoms with Gasteiger partial charge in [-0.05, 0) is 37.7 Å². The molecule has 0 aromatic carbocycles. The van der Waals surface area contributed by atoms with Gasteiger partial charge in [0.1, 0.15) is 18.1 Å². The number of carbonyl (C=O) groups is 1. The van der Waals surface area contributed by atoms with Crippen LogP contribution in [0, 0.1) is 5.92 Å². The molecule has 8 nitrogen and oxygen atoms in total. The summed E-state index contributed by atoms with van der Waals surface area (Å²) in [5.41, 5.74) is 2.47. The Balaban J connectivity index is 1.37. The van der Waals surface area contributed by atoms with Crippen LogP contribution in [0.2, 0.25) is 0 Å². The second-order valence-electron chi connectivity index (χ2n) is 8.14. The predicted octanol–water partition coefficient (Wildman–Crippen LogP) is 3.45. The van der Waals surface area contributed by atoms with Gasteiger partial charge in [0, 0.05) is 25.2 Å². The van der Waals surface area contributed by atoms with Gasteiger partial charge in [-0.3, -0.25) is 4.40 Å². The molecule has 5 rings (SSSR count). The van der Waals surface area contributed by atoms with E-state index in [-0.39, 0.29) is 18.1 Å². The molecule has 1 amide bonds. The second kappa shape index (κ2) is 7.27. The number of aromatic amines is 1. The van der Waals surface area contributed by atoms with Gasteiger partial charge in [0.15, 0.2) is 11.3 Å². The van der Waals surface area contributed by atoms with Gasteiger partial charge in [0.2, 0.25) is 0 Å². The first-order valence-corrected chi connectivity index (χ1v) is 10.4. The Morgan fingerprint density at radius 2 is 2.14 bits per heavy atom. The minimum Gasteiger partial charge on any atom is -0.446 e. The van der Waals surface area contributed by atoms with Crippen molar-refractivity contribution in [2.24, 2.45) is 5.92 Å². The molecule has 0 unspecified atom stereocenters. The zero-order valence-electron chi connectivity index (χ0n) is 16.4. The summed E-state index contributed by atoms with van der Waals surface area (Å²) in [7, 11) is 0. The highest BCUT2D eigenvalue weighted by Crippen LogP contribution is 2.42. The van der Waals surface area contributed by atoms with Crippen LogP contribution in [0.25, 0.3) is 16.8 Å². The molecule has 154 valence electrons. The molecule has 0 spiro atoms. The molecule has 1 aliphatic carbocycles. The Hall–Kier alpha value is -2.71. The summed E-state index contributed by atoms with van der Waals surface area (Å²) in [6.45, 7) is 3.02. The SMILES string of the molecule is CC[C@@H]1C[C@H](OC(=O)N2CCC(F)CC2)C[C@@H]1c1nnc2cnc3[nH]ccc3n12. The number of ether oxygens (including phenoxy) is 1. The zero-order chi connectivity index (χ0) is 20.0. The maximum Gasteiger partial charge on any atom is 0.410 e. The number of alkyl halides is 1. The molecular formula is C20H25FN6O2. The van der Waals surface area contributed by atoms with Gasteiger partial charge in [-0.2, -0.15) is 0 Å². The minimum absolute atomic E-state index is 0.156. The van der Waals surface area contributed by atoms with E-state index in [0.29, 0.717) is 31.8 Å². The van der Waals surface area contributed by atoms with Gasteiger partial charge in [-0.25, -0.2) is 14.2 Å². The molecular weight excluding hydrogens is 375 g/mol. The molecule has 0 bridgehead atoms. The summed E-state index contributed by atoms with van der Waals surface area (Å²) in [4.78, 5) is 21.7. The fourth-order valence-corrected chi connectivity index (χ4v) is 4.82. The Morgan fingerprint density at radius 1 is 1.31 bits per heavy atom. The molecule has 1 N–H and O–H groups in total. The van der Waals surface area contributed by atoms with E-state index in [2.05, 4.69) is 31.5 Å². The summed E-state index contributed by atoms with van der Waals surface area (Å²) < 4.78 is 21.2. The summed E-state index contributed by atoms with van der Waals surface area (Å²) in [5.74, 6) is 1.42. The minimum atomic E-state index is -0.805. The normalized spacial score (nSPS) is 25.9. The number of carbonyl (C=O) groups excluding carboxylic acids is 1. The lowest BCUT2D eigenvalue weighted by Gasteiger charge is -2.29. The van der Waals surface area contributed by atoms with E-state index < -0.39 is 6.17 Å². The number of likely N-dealkylation sites (tertiary alicyclic amines) is 1. The Kier molecular flexibility index (Phi) is 4.60. The molecule has 3 aromatic rings. The van der Waals surface area contributed by atoms with Crippen molar-refractivity contribution in [1.82, 2.24) is 29.5 Å². The summed E-state index contributed by atoms with van der Waals surface area (Å²) in [6.07, 6.45) is 5.59. The highest BCUT2D eigenvalue weighted by Gasteiger charge is 2.40. The van der Waals surface area contributed by atoms with Crippen molar-refractivity contribution < 1.29 is 13.9 Å². The standard InChI is InChI=1S/C20H25FN6O2/c1-2-12-9-14(29-20(28)26-7-4-13(21)5-8-26)10-15(12)19-25-24-17-11-23-18-16(27(17)19)3-6-22-18/h3,6,11-15,22H,2,4-5,7-10H2,1H3/t12-,14+,15+/m1/s1. The van der Waals surface area contributed by atoms with Crippen molar-refractivity contribution in [3.05, 3.63) is 24.3 Å². The van der Waals surface area contributed by atoms with Crippen LogP contribution in [-0.2, 0) is 4.74 Å². The second-order valence-corrected chi connectivity index (χ2v) is 8.14. The largest absolute Gasteiger partial charge is 0.446 e. The molecule has 1 saturated heterocycles. The number of piperidine rings is 1. The van der Waals surface area contributed by atoms with Crippen molar-refractivity contribution in [2.45, 2.75) is 57.2 Å². The van der Waals surface area contributed by atoms with Crippen LogP contribution in [-0.4, -0.2) is 60.9 Å². The number of halogens is 1. The van der Waals surface area contributed by atoms with Crippen molar-refractivity contribution in [1.29, 1.82) is 0 Å². The number of nitrogens with one attached hydrogen (secondary N) is 1. The third kappa shape index (κ3) is 3.22. The van der Waals surface area contributed by atoms with E-state index in [1.165, 1.54) is 0 Å². The summed E-state index contributed by atoms with van der Waals surface area (Å²) in [6, 6.07) is 1.98. The van der Waals surface area contributed by atoms with Crippen LogP contribution in [0.1, 0.15) is 50.8 Å². The maximum absolute atomic E-state index is 13.3. The van der Waals surface area contributed by atoms with Crippen LogP contribution in [0.4, 0.5) is 9.18 Å². The number of H-pyrrole nitrogens is 1. The molecule has 29 heavy (non-hydrogen) atoms. The van der Waals surface area contributed by atoms with E-state index >= 15 is 0 Å². The van der Waals surface area contributed by atoms with E-state index in [1.807, 2.05) is 12.3 Å². The maximum atomic E-state index is 13.3. The average molecular weight is 400 g/mol. The highest BCUT2D eigenvalue weighted by atomic mass is 19.1. The number of aromatic nitrogens is 5. The van der Waals surface area contributed by atoms with E-state index in [0.717, 1.165) is 41.9 Å². The number of nitrogens with zero attached hydrogens (tertiary/aromatic N) is 5. The number of hydrogen-bond donors (Lipinski definition) is 1. The lowest BCUT2D eigenvalue weighted by Crippen LogP contribution is -2.40. The lowest BCUT2D eigenvalue weighted by atomic mass is 9.93. The van der Waals surface area contributed by atoms with E-state index in [1.54, 1.807) is 11.1 Å². The van der Waals surface area contributed by atoms with Crippen LogP contribution >= 0.6 is 0 Å². The summed E-state index contributed by atoms with van der Waals surface area (Å²) >= 11 is 0. The fraction of sp³-hybridized carbons (Fsp3) is 0.600. The molecule has 1 aliphatic heterocycles. The van der Waals surface area contributed by atoms with Gasteiger partial charge < -0.3 is 14.6 Å². The van der Waals surface area contributed by atoms with Crippen molar-refractivity contribution in [2.75, 3.05) is 13.1 Å². The van der Waals surface area contributed by atoms with Crippen LogP contribution < -0.4 is 0 Å². The number of hydrogen-bond acceptors (Lipinski definition) is 5. The highest BCUT2D eigenvalue weighted by molar-refractivity contribution is 5.74. The monoisotopic (exact) mass is 400 g/mol. The summed E-state index contributed by atoms with van der Waals surface area (Å²) in [5, 5.41) is 8.80. The smallest absolute Gasteiger partial charge is 0.410 e. The van der Waals surface area contributed by atoms with Crippen LogP contribution in [0.3, 0.4) is 0 Å². The first-order valence-electron chi connectivity index (χ1n) is 10.4. The van der Waals surface area contributed by atoms with Crippen molar-refractivity contribution >= 4 is 22.9 Å². The number of amides is 1. The van der Waals surface area contributed by atoms with E-state index in [4.69, 9.17) is 4.74 Å². The van der Waals surface area contributed by atoms with Gasteiger partial charge in [-0.1, -0.05) is 13.3 Å². The van der Waals surface area contributed by atoms with Gasteiger partial charge in [-0.15, -0.1) is 10.2 Å². The fourth-order valence-electron chi connectivity index (χ4n) is 4.82. The molecule has 0 radical (unpaired) electrons. The molecule has 2 aliphatic rings. The van der Waals surface area contributed by atoms with Crippen molar-refractivity contribution in [3.8, 4) is 0 Å². The Bertz CT molecular complexity index is 1020. The predicted molar refractivity (Wildman–Crippen MR) is 104 cm³/mol. The third-order valence-electron chi connectivity index (χ3n) is 6.42. The first-order chi connectivity index (χ1) is 14.1. The number of fused-ring (bicyclic) bond motifs is 3. The zero-order valence-corrected chi connectivity index (χ0v) is 16.4. The number of rotatable bonds is 3. The molecule has 4 heterocycles. The third-order valence-corrected chi connectivity index (χ3v) is 6.42. The molecule has 1 saturated carbocycles. The Labute approximate surface area is 167 Å². The Morgan fingerprint density at radius 3 is 2.93 bits per heavy atom. The molecule has 2 fully saturated rings. The van der Waals surface area contributed by atoms with E-state index in [9.17, 15) is 9.18 Å². The molecule has 3 atom stereocenters. The van der Waals surface area contributed by atoms with Crippen LogP contribution in [0.5, 0.6) is 0 Å². The quantitative estimate of drug-likeness (QED) is 0.727. The van der Waals surface area contributed by atoms with Crippen molar-refractivity contribution in [3.63, 3.8) is 0 Å². The van der Waals surface area contributed by atoms with Gasteiger partial charge in [0.05, 0.1) is 11.7 Å². The molecule has 3 aromatic heterocycles.